The van der Waals surface area contributed by atoms with Gasteiger partial charge in [0.05, 0.1) is 5.52 Å². The number of halogens is 1. The third-order valence-corrected chi connectivity index (χ3v) is 4.83. The molecule has 4 nitrogen and oxygen atoms in total. The van der Waals surface area contributed by atoms with Crippen LogP contribution in [-0.4, -0.2) is 17.0 Å². The van der Waals surface area contributed by atoms with E-state index in [1.807, 2.05) is 42.7 Å². The summed E-state index contributed by atoms with van der Waals surface area (Å²) in [5.74, 6) is 0.593. The lowest BCUT2D eigenvalue weighted by molar-refractivity contribution is 0.0940. The van der Waals surface area contributed by atoms with Gasteiger partial charge in [0.15, 0.2) is 0 Å². The average Bonchev–Trinajstić information content (AvgIpc) is 3.09. The number of allylic oxidation sites excluding steroid dienone is 2. The van der Waals surface area contributed by atoms with E-state index < -0.39 is 0 Å². The van der Waals surface area contributed by atoms with Crippen LogP contribution in [0.15, 0.2) is 60.2 Å². The van der Waals surface area contributed by atoms with Crippen LogP contribution in [0.5, 0.6) is 5.75 Å². The predicted octanol–water partition coefficient (Wildman–Crippen LogP) is 5.71. The molecule has 0 atom stereocenters. The van der Waals surface area contributed by atoms with Crippen molar-refractivity contribution in [1.82, 2.24) is 9.88 Å². The molecule has 158 valence electrons. The summed E-state index contributed by atoms with van der Waals surface area (Å²) in [6.45, 7) is 9.52. The lowest BCUT2D eigenvalue weighted by atomic mass is 10.2. The molecular formula is C25H29FN2O2. The standard InChI is InChI=1S/C25H29FN2O2/c1-17(2)12-13-28-22-10-7-11-24(30-16-19-8-5-6-9-21(19)26)20(22)14-23(28)25(29)27-15-18(3)4/h5-12,14,18H,13,15-16H2,1-4H3,(H,27,29). The Morgan fingerprint density at radius 1 is 1.17 bits per heavy atom. The van der Waals surface area contributed by atoms with E-state index in [4.69, 9.17) is 4.74 Å². The molecule has 0 radical (unpaired) electrons. The van der Waals surface area contributed by atoms with Gasteiger partial charge in [-0.2, -0.15) is 0 Å². The molecule has 0 spiro atoms. The molecule has 1 N–H and O–H groups in total. The first-order valence-corrected chi connectivity index (χ1v) is 10.3. The highest BCUT2D eigenvalue weighted by atomic mass is 19.1. The van der Waals surface area contributed by atoms with Crippen LogP contribution in [0, 0.1) is 11.7 Å². The molecule has 1 aromatic heterocycles. The van der Waals surface area contributed by atoms with E-state index in [-0.39, 0.29) is 18.3 Å². The largest absolute Gasteiger partial charge is 0.488 e. The fourth-order valence-electron chi connectivity index (χ4n) is 3.20. The first kappa shape index (κ1) is 21.6. The maximum atomic E-state index is 14.0. The highest BCUT2D eigenvalue weighted by Gasteiger charge is 2.18. The number of benzene rings is 2. The number of nitrogens with zero attached hydrogens (tertiary/aromatic N) is 1. The van der Waals surface area contributed by atoms with Crippen LogP contribution in [0.3, 0.4) is 0 Å². The van der Waals surface area contributed by atoms with Crippen LogP contribution in [0.4, 0.5) is 4.39 Å². The molecule has 2 aromatic carbocycles. The zero-order valence-electron chi connectivity index (χ0n) is 18.0. The van der Waals surface area contributed by atoms with E-state index in [0.29, 0.717) is 36.0 Å². The number of amides is 1. The Labute approximate surface area is 177 Å². The summed E-state index contributed by atoms with van der Waals surface area (Å²) in [5, 5.41) is 3.84. The summed E-state index contributed by atoms with van der Waals surface area (Å²) >= 11 is 0. The van der Waals surface area contributed by atoms with Crippen LogP contribution in [-0.2, 0) is 13.2 Å². The first-order chi connectivity index (χ1) is 14.4. The SMILES string of the molecule is CC(C)=CCn1c(C(=O)NCC(C)C)cc2c(OCc3ccccc3F)cccc21. The fraction of sp³-hybridized carbons (Fsp3) is 0.320. The van der Waals surface area contributed by atoms with Gasteiger partial charge in [-0.05, 0) is 44.0 Å². The zero-order valence-corrected chi connectivity index (χ0v) is 18.0. The van der Waals surface area contributed by atoms with E-state index in [1.54, 1.807) is 18.2 Å². The van der Waals surface area contributed by atoms with Crippen LogP contribution >= 0.6 is 0 Å². The van der Waals surface area contributed by atoms with Crippen LogP contribution in [0.2, 0.25) is 0 Å². The number of carbonyl (C=O) groups is 1. The van der Waals surface area contributed by atoms with Crippen LogP contribution in [0.1, 0.15) is 43.7 Å². The third-order valence-electron chi connectivity index (χ3n) is 4.83. The summed E-state index contributed by atoms with van der Waals surface area (Å²) in [6, 6.07) is 14.2. The van der Waals surface area contributed by atoms with Crippen molar-refractivity contribution in [3.63, 3.8) is 0 Å². The van der Waals surface area contributed by atoms with Gasteiger partial charge in [0, 0.05) is 24.0 Å². The molecule has 0 saturated heterocycles. The summed E-state index contributed by atoms with van der Waals surface area (Å²) in [7, 11) is 0. The third kappa shape index (κ3) is 5.09. The number of hydrogen-bond acceptors (Lipinski definition) is 2. The minimum atomic E-state index is -0.292. The Morgan fingerprint density at radius 3 is 2.63 bits per heavy atom. The fourth-order valence-corrected chi connectivity index (χ4v) is 3.20. The number of fused-ring (bicyclic) bond motifs is 1. The molecule has 0 aliphatic carbocycles. The highest BCUT2D eigenvalue weighted by Crippen LogP contribution is 2.30. The van der Waals surface area contributed by atoms with Gasteiger partial charge in [-0.1, -0.05) is 49.8 Å². The lowest BCUT2D eigenvalue weighted by Gasteiger charge is -2.11. The Balaban J connectivity index is 1.97. The molecule has 5 heteroatoms. The van der Waals surface area contributed by atoms with Gasteiger partial charge in [0.2, 0.25) is 0 Å². The molecule has 0 aliphatic heterocycles. The van der Waals surface area contributed by atoms with E-state index in [1.165, 1.54) is 11.6 Å². The molecule has 0 saturated carbocycles. The van der Waals surface area contributed by atoms with Gasteiger partial charge in [-0.3, -0.25) is 4.79 Å². The van der Waals surface area contributed by atoms with Gasteiger partial charge in [0.1, 0.15) is 23.9 Å². The summed E-state index contributed by atoms with van der Waals surface area (Å²) in [6.07, 6.45) is 2.09. The number of ether oxygens (including phenoxy) is 1. The number of nitrogens with one attached hydrogen (secondary N) is 1. The molecular weight excluding hydrogens is 379 g/mol. The van der Waals surface area contributed by atoms with E-state index in [0.717, 1.165) is 10.9 Å². The number of hydrogen-bond donors (Lipinski definition) is 1. The van der Waals surface area contributed by atoms with E-state index >= 15 is 0 Å². The Morgan fingerprint density at radius 2 is 1.93 bits per heavy atom. The molecule has 0 unspecified atom stereocenters. The van der Waals surface area contributed by atoms with Crippen molar-refractivity contribution in [2.24, 2.45) is 5.92 Å². The maximum absolute atomic E-state index is 14.0. The van der Waals surface area contributed by atoms with Gasteiger partial charge in [-0.25, -0.2) is 4.39 Å². The van der Waals surface area contributed by atoms with Gasteiger partial charge in [0.25, 0.3) is 5.91 Å². The average molecular weight is 409 g/mol. The maximum Gasteiger partial charge on any atom is 0.267 e. The smallest absolute Gasteiger partial charge is 0.267 e. The monoisotopic (exact) mass is 408 g/mol. The Kier molecular flexibility index (Phi) is 6.93. The highest BCUT2D eigenvalue weighted by molar-refractivity contribution is 6.00. The summed E-state index contributed by atoms with van der Waals surface area (Å²) < 4.78 is 21.9. The van der Waals surface area contributed by atoms with Crippen LogP contribution < -0.4 is 10.1 Å². The quantitative estimate of drug-likeness (QED) is 0.485. The molecule has 3 rings (SSSR count). The Bertz CT molecular complexity index is 1060. The number of aromatic nitrogens is 1. The molecule has 1 amide bonds. The van der Waals surface area contributed by atoms with E-state index in [2.05, 4.69) is 25.2 Å². The molecule has 0 aliphatic rings. The van der Waals surface area contributed by atoms with Gasteiger partial charge < -0.3 is 14.6 Å². The molecule has 1 heterocycles. The summed E-state index contributed by atoms with van der Waals surface area (Å²) in [5.41, 5.74) is 3.17. The molecule has 0 bridgehead atoms. The second kappa shape index (κ2) is 9.61. The first-order valence-electron chi connectivity index (χ1n) is 10.3. The zero-order chi connectivity index (χ0) is 21.7. The second-order valence-corrected chi connectivity index (χ2v) is 8.09. The van der Waals surface area contributed by atoms with E-state index in [9.17, 15) is 9.18 Å². The molecule has 3 aromatic rings. The minimum absolute atomic E-state index is 0.109. The van der Waals surface area contributed by atoms with Crippen molar-refractivity contribution in [3.8, 4) is 5.75 Å². The number of carbonyl (C=O) groups excluding carboxylic acids is 1. The summed E-state index contributed by atoms with van der Waals surface area (Å²) in [4.78, 5) is 12.9. The Hall–Kier alpha value is -3.08. The van der Waals surface area contributed by atoms with Crippen molar-refractivity contribution in [1.29, 1.82) is 0 Å². The number of rotatable bonds is 8. The van der Waals surface area contributed by atoms with Gasteiger partial charge >= 0.3 is 0 Å². The van der Waals surface area contributed by atoms with Crippen molar-refractivity contribution in [2.75, 3.05) is 6.54 Å². The second-order valence-electron chi connectivity index (χ2n) is 8.09. The van der Waals surface area contributed by atoms with Crippen molar-refractivity contribution >= 4 is 16.8 Å². The van der Waals surface area contributed by atoms with Crippen LogP contribution in [0.25, 0.3) is 10.9 Å². The lowest BCUT2D eigenvalue weighted by Crippen LogP contribution is -2.29. The minimum Gasteiger partial charge on any atom is -0.488 e. The van der Waals surface area contributed by atoms with Crippen molar-refractivity contribution in [2.45, 2.75) is 40.8 Å². The topological polar surface area (TPSA) is 43.3 Å². The molecule has 0 fully saturated rings. The van der Waals surface area contributed by atoms with Gasteiger partial charge in [-0.15, -0.1) is 0 Å². The normalized spacial score (nSPS) is 11.0. The predicted molar refractivity (Wildman–Crippen MR) is 119 cm³/mol. The van der Waals surface area contributed by atoms with Crippen molar-refractivity contribution < 1.29 is 13.9 Å². The molecule has 30 heavy (non-hydrogen) atoms. The van der Waals surface area contributed by atoms with Crippen molar-refractivity contribution in [3.05, 3.63) is 77.3 Å².